The predicted molar refractivity (Wildman–Crippen MR) is 319 cm³/mol. The van der Waals surface area contributed by atoms with Gasteiger partial charge in [-0.3, -0.25) is 0 Å². The molecule has 0 fully saturated rings. The van der Waals surface area contributed by atoms with Gasteiger partial charge in [0, 0.05) is 0 Å². The van der Waals surface area contributed by atoms with Gasteiger partial charge in [0.25, 0.3) is 0 Å². The lowest BCUT2D eigenvalue weighted by Crippen LogP contribution is -1.95. The van der Waals surface area contributed by atoms with Gasteiger partial charge in [-0.05, 0) is 189 Å². The summed E-state index contributed by atoms with van der Waals surface area (Å²) in [6.07, 6.45) is 0. The molecule has 0 atom stereocenters. The standard InChI is InChI=1S/C74H46/c1-2-19-50(20-3-1)67-43-53-24-8-9-25-54(53)44-68(67)55-37-39-60-61-40-38-58(71-63-28-12-14-30-65(63)74(66-31-15-13-29-64(66)71)62-32-16-26-49-21-10-11-27-59(49)62)46-70(61)73(57-36-34-48-18-5-7-23-52(48)42-57)72(69(60)45-55)56-35-33-47-17-4-6-22-51(47)41-56/h1-46H. The number of fused-ring (bicyclic) bond motifs is 9. The summed E-state index contributed by atoms with van der Waals surface area (Å²) < 4.78 is 0. The molecular formula is C74H46. The molecule has 0 aromatic heterocycles. The first-order valence-electron chi connectivity index (χ1n) is 25.7. The SMILES string of the molecule is c1ccc(-c2cc3ccccc3cc2-c2ccc3c(c2)c(-c2ccc4ccccc4c2)c(-c2ccc4ccccc4c2)c2cc(-c4c5ccccc5c(-c5cccc6ccccc56)c5ccccc45)ccc23)cc1. The topological polar surface area (TPSA) is 0 Å². The van der Waals surface area contributed by atoms with E-state index in [4.69, 9.17) is 0 Å². The molecule has 0 unspecified atom stereocenters. The third-order valence-electron chi connectivity index (χ3n) is 15.8. The number of hydrogen-bond acceptors (Lipinski definition) is 0. The van der Waals surface area contributed by atoms with Crippen LogP contribution in [0.25, 0.3) is 153 Å². The monoisotopic (exact) mass is 934 g/mol. The Hall–Kier alpha value is -9.62. The Morgan fingerprint density at radius 3 is 1.07 bits per heavy atom. The molecule has 0 aliphatic carbocycles. The van der Waals surface area contributed by atoms with E-state index in [0.29, 0.717) is 0 Å². The van der Waals surface area contributed by atoms with Crippen molar-refractivity contribution in [2.45, 2.75) is 0 Å². The summed E-state index contributed by atoms with van der Waals surface area (Å²) in [4.78, 5) is 0. The minimum Gasteiger partial charge on any atom is -0.0622 e. The molecule has 15 aromatic rings. The van der Waals surface area contributed by atoms with E-state index in [9.17, 15) is 0 Å². The fourth-order valence-corrected chi connectivity index (χ4v) is 12.4. The quantitative estimate of drug-likeness (QED) is 0.115. The maximum absolute atomic E-state index is 2.51. The van der Waals surface area contributed by atoms with Crippen LogP contribution in [0.2, 0.25) is 0 Å². The highest BCUT2D eigenvalue weighted by molar-refractivity contribution is 6.27. The van der Waals surface area contributed by atoms with Gasteiger partial charge in [0.05, 0.1) is 0 Å². The molecule has 0 amide bonds. The summed E-state index contributed by atoms with van der Waals surface area (Å²) in [6.45, 7) is 0. The number of hydrogen-bond donors (Lipinski definition) is 0. The van der Waals surface area contributed by atoms with Crippen molar-refractivity contribution in [3.8, 4) is 66.8 Å². The van der Waals surface area contributed by atoms with E-state index in [0.717, 1.165) is 0 Å². The van der Waals surface area contributed by atoms with Crippen LogP contribution in [0.5, 0.6) is 0 Å². The Morgan fingerprint density at radius 1 is 0.135 bits per heavy atom. The smallest absolute Gasteiger partial charge is 0.00199 e. The van der Waals surface area contributed by atoms with Crippen LogP contribution in [0.15, 0.2) is 279 Å². The second-order valence-electron chi connectivity index (χ2n) is 19.9. The molecular weight excluding hydrogens is 889 g/mol. The van der Waals surface area contributed by atoms with Gasteiger partial charge < -0.3 is 0 Å². The van der Waals surface area contributed by atoms with E-state index in [-0.39, 0.29) is 0 Å². The highest BCUT2D eigenvalue weighted by atomic mass is 14.3. The van der Waals surface area contributed by atoms with Crippen molar-refractivity contribution < 1.29 is 0 Å². The molecule has 0 aliphatic heterocycles. The normalized spacial score (nSPS) is 11.8. The van der Waals surface area contributed by atoms with Crippen molar-refractivity contribution in [3.63, 3.8) is 0 Å². The van der Waals surface area contributed by atoms with Crippen LogP contribution in [0.1, 0.15) is 0 Å². The van der Waals surface area contributed by atoms with Gasteiger partial charge in [-0.1, -0.05) is 243 Å². The van der Waals surface area contributed by atoms with E-state index in [1.165, 1.54) is 153 Å². The number of rotatable bonds is 6. The molecule has 0 saturated heterocycles. The van der Waals surface area contributed by atoms with E-state index in [2.05, 4.69) is 279 Å². The largest absolute Gasteiger partial charge is 0.0622 e. The molecule has 0 N–H and O–H groups in total. The summed E-state index contributed by atoms with van der Waals surface area (Å²) in [7, 11) is 0. The van der Waals surface area contributed by atoms with Gasteiger partial charge in [0.15, 0.2) is 0 Å². The zero-order valence-electron chi connectivity index (χ0n) is 40.6. The zero-order chi connectivity index (χ0) is 48.7. The fraction of sp³-hybridized carbons (Fsp3) is 0. The molecule has 15 aromatic carbocycles. The first kappa shape index (κ1) is 42.1. The second-order valence-corrected chi connectivity index (χ2v) is 19.9. The molecule has 0 spiro atoms. The Bertz CT molecular complexity index is 4710. The minimum atomic E-state index is 1.19. The van der Waals surface area contributed by atoms with Gasteiger partial charge in [-0.15, -0.1) is 0 Å². The fourth-order valence-electron chi connectivity index (χ4n) is 12.4. The molecule has 0 heterocycles. The number of benzene rings is 15. The molecule has 15 rings (SSSR count). The van der Waals surface area contributed by atoms with Crippen LogP contribution in [0.3, 0.4) is 0 Å². The summed E-state index contributed by atoms with van der Waals surface area (Å²) in [5.41, 5.74) is 14.7. The van der Waals surface area contributed by atoms with E-state index >= 15 is 0 Å². The molecule has 0 bridgehead atoms. The predicted octanol–water partition coefficient (Wildman–Crippen LogP) is 20.9. The lowest BCUT2D eigenvalue weighted by molar-refractivity contribution is 1.61. The zero-order valence-corrected chi connectivity index (χ0v) is 40.6. The maximum atomic E-state index is 2.51. The Morgan fingerprint density at radius 2 is 0.514 bits per heavy atom. The second kappa shape index (κ2) is 17.0. The van der Waals surface area contributed by atoms with Gasteiger partial charge >= 0.3 is 0 Å². The molecule has 0 saturated carbocycles. The lowest BCUT2D eigenvalue weighted by atomic mass is 9.81. The van der Waals surface area contributed by atoms with Gasteiger partial charge in [-0.25, -0.2) is 0 Å². The van der Waals surface area contributed by atoms with Crippen LogP contribution >= 0.6 is 0 Å². The lowest BCUT2D eigenvalue weighted by Gasteiger charge is -2.22. The Labute approximate surface area is 429 Å². The average Bonchev–Trinajstić information content (AvgIpc) is 3.52. The Balaban J connectivity index is 1.07. The first-order valence-corrected chi connectivity index (χ1v) is 25.7. The summed E-state index contributed by atoms with van der Waals surface area (Å²) in [5.74, 6) is 0. The van der Waals surface area contributed by atoms with Crippen molar-refractivity contribution in [3.05, 3.63) is 279 Å². The van der Waals surface area contributed by atoms with Crippen LogP contribution in [-0.2, 0) is 0 Å². The van der Waals surface area contributed by atoms with Gasteiger partial charge in [0.2, 0.25) is 0 Å². The van der Waals surface area contributed by atoms with Crippen molar-refractivity contribution in [1.29, 1.82) is 0 Å². The first-order chi connectivity index (χ1) is 36.7. The van der Waals surface area contributed by atoms with Crippen LogP contribution < -0.4 is 0 Å². The van der Waals surface area contributed by atoms with Crippen molar-refractivity contribution in [2.75, 3.05) is 0 Å². The molecule has 0 heteroatoms. The molecule has 0 radical (unpaired) electrons. The van der Waals surface area contributed by atoms with E-state index in [1.807, 2.05) is 0 Å². The third kappa shape index (κ3) is 6.77. The average molecular weight is 935 g/mol. The van der Waals surface area contributed by atoms with Crippen LogP contribution in [0.4, 0.5) is 0 Å². The van der Waals surface area contributed by atoms with Crippen molar-refractivity contribution >= 4 is 86.2 Å². The third-order valence-corrected chi connectivity index (χ3v) is 15.8. The maximum Gasteiger partial charge on any atom is -0.00199 e. The van der Waals surface area contributed by atoms with E-state index in [1.54, 1.807) is 0 Å². The van der Waals surface area contributed by atoms with Crippen molar-refractivity contribution in [1.82, 2.24) is 0 Å². The van der Waals surface area contributed by atoms with Crippen molar-refractivity contribution in [2.24, 2.45) is 0 Å². The summed E-state index contributed by atoms with van der Waals surface area (Å²) in [6, 6.07) is 104. The van der Waals surface area contributed by atoms with Gasteiger partial charge in [0.1, 0.15) is 0 Å². The van der Waals surface area contributed by atoms with Crippen LogP contribution in [-0.4, -0.2) is 0 Å². The highest BCUT2D eigenvalue weighted by Gasteiger charge is 2.23. The van der Waals surface area contributed by atoms with Gasteiger partial charge in [-0.2, -0.15) is 0 Å². The molecule has 0 nitrogen and oxygen atoms in total. The minimum absolute atomic E-state index is 1.19. The highest BCUT2D eigenvalue weighted by Crippen LogP contribution is 2.51. The Kier molecular flexibility index (Phi) is 9.68. The van der Waals surface area contributed by atoms with Crippen LogP contribution in [0, 0.1) is 0 Å². The summed E-state index contributed by atoms with van der Waals surface area (Å²) in [5, 5.41) is 19.7. The molecule has 342 valence electrons. The summed E-state index contributed by atoms with van der Waals surface area (Å²) >= 11 is 0. The van der Waals surface area contributed by atoms with E-state index < -0.39 is 0 Å². The molecule has 0 aliphatic rings. The molecule has 74 heavy (non-hydrogen) atoms.